The third-order valence-corrected chi connectivity index (χ3v) is 4.13. The Morgan fingerprint density at radius 1 is 1.10 bits per heavy atom. The van der Waals surface area contributed by atoms with E-state index >= 15 is 0 Å². The molecule has 0 saturated heterocycles. The highest BCUT2D eigenvalue weighted by molar-refractivity contribution is 5.97. The largest absolute Gasteiger partial charge is 0.490 e. The Labute approximate surface area is 178 Å². The predicted molar refractivity (Wildman–Crippen MR) is 116 cm³/mol. The molecule has 0 spiro atoms. The molecule has 2 amide bonds. The molecule has 2 rings (SSSR count). The molecule has 162 valence electrons. The summed E-state index contributed by atoms with van der Waals surface area (Å²) >= 11 is 0. The smallest absolute Gasteiger partial charge is 0.254 e. The first-order valence-electron chi connectivity index (χ1n) is 10.1. The van der Waals surface area contributed by atoms with E-state index in [0.29, 0.717) is 36.8 Å². The summed E-state index contributed by atoms with van der Waals surface area (Å²) in [5.74, 6) is 0.605. The number of ether oxygens (including phenoxy) is 2. The minimum absolute atomic E-state index is 0.00414. The zero-order valence-corrected chi connectivity index (χ0v) is 18.4. The Bertz CT molecular complexity index is 847. The van der Waals surface area contributed by atoms with E-state index in [9.17, 15) is 9.59 Å². The van der Waals surface area contributed by atoms with Gasteiger partial charge in [-0.3, -0.25) is 14.6 Å². The molecule has 0 atom stereocenters. The molecule has 7 nitrogen and oxygen atoms in total. The molecule has 0 radical (unpaired) electrons. The van der Waals surface area contributed by atoms with Crippen LogP contribution in [0.3, 0.4) is 0 Å². The number of hydrogen-bond donors (Lipinski definition) is 1. The number of amides is 2. The van der Waals surface area contributed by atoms with Crippen molar-refractivity contribution in [3.05, 3.63) is 53.9 Å². The minimum Gasteiger partial charge on any atom is -0.490 e. The van der Waals surface area contributed by atoms with E-state index in [4.69, 9.17) is 9.47 Å². The molecule has 1 aromatic heterocycles. The number of likely N-dealkylation sites (N-methyl/N-ethyl adjacent to an activating group) is 1. The zero-order chi connectivity index (χ0) is 22.1. The lowest BCUT2D eigenvalue weighted by molar-refractivity contribution is -0.123. The first-order chi connectivity index (χ1) is 14.2. The van der Waals surface area contributed by atoms with Gasteiger partial charge in [0.1, 0.15) is 6.61 Å². The molecule has 0 aliphatic carbocycles. The number of carbonyl (C=O) groups excluding carboxylic acids is 2. The Kier molecular flexibility index (Phi) is 8.21. The fraction of sp³-hybridized carbons (Fsp3) is 0.435. The molecule has 30 heavy (non-hydrogen) atoms. The van der Waals surface area contributed by atoms with Crippen molar-refractivity contribution in [1.29, 1.82) is 0 Å². The van der Waals surface area contributed by atoms with Gasteiger partial charge in [0, 0.05) is 35.6 Å². The van der Waals surface area contributed by atoms with E-state index in [2.05, 4.69) is 10.3 Å². The summed E-state index contributed by atoms with van der Waals surface area (Å²) in [6.45, 7) is 10.6. The molecule has 0 bridgehead atoms. The number of rotatable bonds is 9. The summed E-state index contributed by atoms with van der Waals surface area (Å²) in [6, 6.07) is 8.84. The van der Waals surface area contributed by atoms with Gasteiger partial charge in [-0.05, 0) is 58.9 Å². The number of carbonyl (C=O) groups is 2. The van der Waals surface area contributed by atoms with Crippen LogP contribution in [0.5, 0.6) is 11.5 Å². The lowest BCUT2D eigenvalue weighted by Gasteiger charge is -2.25. The van der Waals surface area contributed by atoms with Crippen LogP contribution in [-0.4, -0.2) is 46.9 Å². The number of nitrogens with zero attached hydrogens (tertiary/aromatic N) is 2. The third kappa shape index (κ3) is 7.06. The Hall–Kier alpha value is -3.09. The fourth-order valence-electron chi connectivity index (χ4n) is 2.81. The van der Waals surface area contributed by atoms with Crippen LogP contribution in [-0.2, 0) is 11.4 Å². The van der Waals surface area contributed by atoms with E-state index < -0.39 is 0 Å². The van der Waals surface area contributed by atoms with Gasteiger partial charge in [-0.25, -0.2) is 0 Å². The first kappa shape index (κ1) is 23.2. The summed E-state index contributed by atoms with van der Waals surface area (Å²) < 4.78 is 11.5. The topological polar surface area (TPSA) is 80.8 Å². The maximum Gasteiger partial charge on any atom is 0.254 e. The number of pyridine rings is 1. The van der Waals surface area contributed by atoms with Crippen LogP contribution < -0.4 is 14.8 Å². The van der Waals surface area contributed by atoms with Crippen molar-refractivity contribution in [3.8, 4) is 11.5 Å². The summed E-state index contributed by atoms with van der Waals surface area (Å²) in [6.07, 6.45) is 3.44. The van der Waals surface area contributed by atoms with Crippen LogP contribution >= 0.6 is 0 Å². The van der Waals surface area contributed by atoms with Gasteiger partial charge in [0.2, 0.25) is 5.91 Å². The van der Waals surface area contributed by atoms with Gasteiger partial charge in [0.15, 0.2) is 11.5 Å². The van der Waals surface area contributed by atoms with E-state index in [1.807, 2.05) is 46.8 Å². The normalized spacial score (nSPS) is 11.0. The SMILES string of the molecule is CCOc1cc(C(=O)N(CC)CC(=O)NC(C)(C)C)ccc1OCc1cccnc1. The summed E-state index contributed by atoms with van der Waals surface area (Å²) in [7, 11) is 0. The molecule has 1 aromatic carbocycles. The van der Waals surface area contributed by atoms with Crippen LogP contribution in [0.1, 0.15) is 50.5 Å². The predicted octanol–water partition coefficient (Wildman–Crippen LogP) is 3.44. The lowest BCUT2D eigenvalue weighted by atomic mass is 10.1. The first-order valence-corrected chi connectivity index (χ1v) is 10.1. The zero-order valence-electron chi connectivity index (χ0n) is 18.4. The van der Waals surface area contributed by atoms with Gasteiger partial charge < -0.3 is 19.7 Å². The summed E-state index contributed by atoms with van der Waals surface area (Å²) in [5.41, 5.74) is 1.02. The number of benzene rings is 1. The molecule has 1 heterocycles. The van der Waals surface area contributed by atoms with E-state index in [-0.39, 0.29) is 23.9 Å². The van der Waals surface area contributed by atoms with Crippen molar-refractivity contribution in [2.75, 3.05) is 19.7 Å². The highest BCUT2D eigenvalue weighted by atomic mass is 16.5. The van der Waals surface area contributed by atoms with Gasteiger partial charge in [0.25, 0.3) is 5.91 Å². The second kappa shape index (κ2) is 10.6. The van der Waals surface area contributed by atoms with Crippen molar-refractivity contribution in [1.82, 2.24) is 15.2 Å². The molecule has 2 aromatic rings. The highest BCUT2D eigenvalue weighted by Crippen LogP contribution is 2.29. The van der Waals surface area contributed by atoms with Gasteiger partial charge in [0.05, 0.1) is 13.2 Å². The molecular weight excluding hydrogens is 382 g/mol. The maximum absolute atomic E-state index is 13.0. The van der Waals surface area contributed by atoms with Crippen LogP contribution in [0.2, 0.25) is 0 Å². The van der Waals surface area contributed by atoms with E-state index in [0.717, 1.165) is 5.56 Å². The monoisotopic (exact) mass is 413 g/mol. The number of nitrogens with one attached hydrogen (secondary N) is 1. The standard InChI is InChI=1S/C23H31N3O4/c1-6-26(15-21(27)25-23(3,4)5)22(28)18-10-11-19(20(13-18)29-7-2)30-16-17-9-8-12-24-14-17/h8-14H,6-7,15-16H2,1-5H3,(H,25,27). The maximum atomic E-state index is 13.0. The number of hydrogen-bond acceptors (Lipinski definition) is 5. The van der Waals surface area contributed by atoms with E-state index in [1.54, 1.807) is 30.6 Å². The minimum atomic E-state index is -0.352. The lowest BCUT2D eigenvalue weighted by Crippen LogP contribution is -2.47. The third-order valence-electron chi connectivity index (χ3n) is 4.13. The molecule has 0 aliphatic rings. The van der Waals surface area contributed by atoms with Crippen molar-refractivity contribution in [3.63, 3.8) is 0 Å². The average molecular weight is 414 g/mol. The summed E-state index contributed by atoms with van der Waals surface area (Å²) in [4.78, 5) is 30.8. The number of aromatic nitrogens is 1. The van der Waals surface area contributed by atoms with Crippen LogP contribution in [0.15, 0.2) is 42.7 Å². The molecule has 0 saturated carbocycles. The Balaban J connectivity index is 2.14. The molecule has 7 heteroatoms. The second-order valence-electron chi connectivity index (χ2n) is 7.86. The highest BCUT2D eigenvalue weighted by Gasteiger charge is 2.21. The van der Waals surface area contributed by atoms with Crippen molar-refractivity contribution in [2.45, 2.75) is 46.8 Å². The van der Waals surface area contributed by atoms with Gasteiger partial charge in [-0.1, -0.05) is 6.07 Å². The Morgan fingerprint density at radius 2 is 1.87 bits per heavy atom. The van der Waals surface area contributed by atoms with Crippen LogP contribution in [0, 0.1) is 0 Å². The molecule has 0 unspecified atom stereocenters. The molecular formula is C23H31N3O4. The quantitative estimate of drug-likeness (QED) is 0.681. The Morgan fingerprint density at radius 3 is 2.47 bits per heavy atom. The molecule has 0 fully saturated rings. The second-order valence-corrected chi connectivity index (χ2v) is 7.86. The van der Waals surface area contributed by atoms with Crippen molar-refractivity contribution >= 4 is 11.8 Å². The van der Waals surface area contributed by atoms with Crippen LogP contribution in [0.25, 0.3) is 0 Å². The molecule has 1 N–H and O–H groups in total. The molecule has 0 aliphatic heterocycles. The van der Waals surface area contributed by atoms with Gasteiger partial charge in [-0.15, -0.1) is 0 Å². The fourth-order valence-corrected chi connectivity index (χ4v) is 2.81. The van der Waals surface area contributed by atoms with Gasteiger partial charge in [-0.2, -0.15) is 0 Å². The van der Waals surface area contributed by atoms with Crippen molar-refractivity contribution in [2.24, 2.45) is 0 Å². The van der Waals surface area contributed by atoms with Crippen LogP contribution in [0.4, 0.5) is 0 Å². The van der Waals surface area contributed by atoms with E-state index in [1.165, 1.54) is 4.90 Å². The van der Waals surface area contributed by atoms with Crippen molar-refractivity contribution < 1.29 is 19.1 Å². The van der Waals surface area contributed by atoms with Gasteiger partial charge >= 0.3 is 0 Å². The summed E-state index contributed by atoms with van der Waals surface area (Å²) in [5, 5.41) is 2.88. The average Bonchev–Trinajstić information content (AvgIpc) is 2.70.